The molecule has 0 aromatic heterocycles. The summed E-state index contributed by atoms with van der Waals surface area (Å²) in [6.45, 7) is 6.09. The zero-order valence-corrected chi connectivity index (χ0v) is 20.6. The van der Waals surface area contributed by atoms with E-state index >= 15 is 0 Å². The van der Waals surface area contributed by atoms with Crippen LogP contribution in [0.2, 0.25) is 0 Å². The second kappa shape index (κ2) is 14.6. The molecular formula is C31H42N2. The lowest BCUT2D eigenvalue weighted by Gasteiger charge is -2.29. The van der Waals surface area contributed by atoms with Crippen LogP contribution in [-0.4, -0.2) is 11.9 Å². The summed E-state index contributed by atoms with van der Waals surface area (Å²) in [5.74, 6) is 1.42. The van der Waals surface area contributed by atoms with Crippen LogP contribution in [0.1, 0.15) is 94.2 Å². The molecule has 2 heteroatoms. The standard InChI is InChI=1S/C31H42N2/c1-3-5-7-8-10-14-27-21-23-30(24-22-27)31(29-15-11-9-12-16-29)33-32-25-28-19-17-26(18-20-28)13-6-4-2/h4,9,11-12,15-20,25,27,30H,2-3,5-8,10,13-14,21-24H2,1H3. The molecule has 0 aliphatic heterocycles. The molecule has 1 saturated carbocycles. The van der Waals surface area contributed by atoms with Crippen molar-refractivity contribution in [2.24, 2.45) is 22.0 Å². The molecule has 0 spiro atoms. The molecule has 2 aromatic rings. The Hall–Kier alpha value is -2.48. The number of benzene rings is 2. The van der Waals surface area contributed by atoms with Crippen LogP contribution in [0.3, 0.4) is 0 Å². The van der Waals surface area contributed by atoms with Gasteiger partial charge in [0.1, 0.15) is 0 Å². The number of hydrogen-bond donors (Lipinski definition) is 0. The van der Waals surface area contributed by atoms with Crippen LogP contribution in [0.5, 0.6) is 0 Å². The summed E-state index contributed by atoms with van der Waals surface area (Å²) in [7, 11) is 0. The summed E-state index contributed by atoms with van der Waals surface area (Å²) in [6, 6.07) is 19.3. The van der Waals surface area contributed by atoms with Gasteiger partial charge in [0.15, 0.2) is 0 Å². The first-order chi connectivity index (χ1) is 16.3. The monoisotopic (exact) mass is 442 g/mol. The van der Waals surface area contributed by atoms with Gasteiger partial charge in [-0.2, -0.15) is 10.2 Å². The van der Waals surface area contributed by atoms with E-state index in [-0.39, 0.29) is 0 Å². The van der Waals surface area contributed by atoms with E-state index in [9.17, 15) is 0 Å². The fourth-order valence-electron chi connectivity index (χ4n) is 4.94. The van der Waals surface area contributed by atoms with Crippen molar-refractivity contribution >= 4 is 11.9 Å². The van der Waals surface area contributed by atoms with Crippen molar-refractivity contribution in [3.8, 4) is 0 Å². The number of nitrogens with zero attached hydrogens (tertiary/aromatic N) is 2. The molecule has 0 amide bonds. The molecule has 2 aromatic carbocycles. The van der Waals surface area contributed by atoms with E-state index < -0.39 is 0 Å². The Labute approximate surface area is 201 Å². The summed E-state index contributed by atoms with van der Waals surface area (Å²) >= 11 is 0. The Bertz CT molecular complexity index is 856. The number of hydrogen-bond acceptors (Lipinski definition) is 2. The molecule has 33 heavy (non-hydrogen) atoms. The van der Waals surface area contributed by atoms with Crippen LogP contribution in [0.25, 0.3) is 0 Å². The number of rotatable bonds is 13. The zero-order valence-electron chi connectivity index (χ0n) is 20.6. The lowest BCUT2D eigenvalue weighted by Crippen LogP contribution is -2.22. The van der Waals surface area contributed by atoms with Crippen molar-refractivity contribution in [2.45, 2.75) is 84.0 Å². The summed E-state index contributed by atoms with van der Waals surface area (Å²) in [5.41, 5.74) is 4.82. The Morgan fingerprint density at radius 3 is 2.33 bits per heavy atom. The first kappa shape index (κ1) is 25.1. The molecule has 0 radical (unpaired) electrons. The van der Waals surface area contributed by atoms with Gasteiger partial charge in [-0.05, 0) is 61.1 Å². The molecular weight excluding hydrogens is 400 g/mol. The van der Waals surface area contributed by atoms with Gasteiger partial charge in [-0.3, -0.25) is 0 Å². The average molecular weight is 443 g/mol. The molecule has 0 N–H and O–H groups in total. The Morgan fingerprint density at radius 2 is 1.64 bits per heavy atom. The zero-order chi connectivity index (χ0) is 23.1. The van der Waals surface area contributed by atoms with Crippen LogP contribution < -0.4 is 0 Å². The van der Waals surface area contributed by atoms with Gasteiger partial charge in [0.2, 0.25) is 0 Å². The van der Waals surface area contributed by atoms with Gasteiger partial charge in [-0.25, -0.2) is 0 Å². The van der Waals surface area contributed by atoms with Crippen molar-refractivity contribution in [3.63, 3.8) is 0 Å². The van der Waals surface area contributed by atoms with Crippen LogP contribution in [-0.2, 0) is 6.42 Å². The van der Waals surface area contributed by atoms with Gasteiger partial charge < -0.3 is 0 Å². The number of aryl methyl sites for hydroxylation is 1. The smallest absolute Gasteiger partial charge is 0.0733 e. The predicted molar refractivity (Wildman–Crippen MR) is 144 cm³/mol. The molecule has 1 aliphatic rings. The average Bonchev–Trinajstić information content (AvgIpc) is 2.87. The van der Waals surface area contributed by atoms with Crippen molar-refractivity contribution in [1.82, 2.24) is 0 Å². The minimum absolute atomic E-state index is 0.516. The molecule has 176 valence electrons. The Kier molecular flexibility index (Phi) is 11.1. The quantitative estimate of drug-likeness (QED) is 0.128. The Balaban J connectivity index is 1.60. The first-order valence-electron chi connectivity index (χ1n) is 13.2. The maximum Gasteiger partial charge on any atom is 0.0733 e. The third kappa shape index (κ3) is 8.76. The van der Waals surface area contributed by atoms with Crippen LogP contribution in [0.15, 0.2) is 77.5 Å². The normalized spacial score (nSPS) is 19.1. The van der Waals surface area contributed by atoms with E-state index in [1.807, 2.05) is 12.3 Å². The molecule has 1 fully saturated rings. The lowest BCUT2D eigenvalue weighted by molar-refractivity contribution is 0.298. The highest BCUT2D eigenvalue weighted by Gasteiger charge is 2.25. The minimum Gasteiger partial charge on any atom is -0.158 e. The SMILES string of the molecule is C=CCCc1ccc(C=NN=C(c2ccccc2)C2CCC(CCCCCCC)CC2)cc1. The second-order valence-corrected chi connectivity index (χ2v) is 9.59. The fourth-order valence-corrected chi connectivity index (χ4v) is 4.94. The van der Waals surface area contributed by atoms with E-state index in [0.717, 1.165) is 30.0 Å². The molecule has 0 bridgehead atoms. The molecule has 0 unspecified atom stereocenters. The molecule has 2 nitrogen and oxygen atoms in total. The highest BCUT2D eigenvalue weighted by atomic mass is 15.2. The van der Waals surface area contributed by atoms with Crippen LogP contribution in [0, 0.1) is 11.8 Å². The third-order valence-corrected chi connectivity index (χ3v) is 7.01. The second-order valence-electron chi connectivity index (χ2n) is 9.59. The van der Waals surface area contributed by atoms with Gasteiger partial charge in [0.05, 0.1) is 11.9 Å². The largest absolute Gasteiger partial charge is 0.158 e. The van der Waals surface area contributed by atoms with Gasteiger partial charge in [0.25, 0.3) is 0 Å². The third-order valence-electron chi connectivity index (χ3n) is 7.01. The fraction of sp³-hybridized carbons (Fsp3) is 0.484. The van der Waals surface area contributed by atoms with E-state index in [0.29, 0.717) is 5.92 Å². The van der Waals surface area contributed by atoms with Crippen molar-refractivity contribution in [3.05, 3.63) is 83.9 Å². The van der Waals surface area contributed by atoms with Gasteiger partial charge in [-0.15, -0.1) is 6.58 Å². The first-order valence-corrected chi connectivity index (χ1v) is 13.2. The lowest BCUT2D eigenvalue weighted by atomic mass is 9.76. The molecule has 3 rings (SSSR count). The summed E-state index contributed by atoms with van der Waals surface area (Å²) < 4.78 is 0. The number of allylic oxidation sites excluding steroid dienone is 1. The number of unbranched alkanes of at least 4 members (excludes halogenated alkanes) is 4. The maximum absolute atomic E-state index is 4.78. The molecule has 0 saturated heterocycles. The molecule has 0 heterocycles. The van der Waals surface area contributed by atoms with Gasteiger partial charge >= 0.3 is 0 Å². The van der Waals surface area contributed by atoms with E-state index in [4.69, 9.17) is 5.10 Å². The van der Waals surface area contributed by atoms with E-state index in [2.05, 4.69) is 73.2 Å². The van der Waals surface area contributed by atoms with E-state index in [1.165, 1.54) is 75.3 Å². The van der Waals surface area contributed by atoms with E-state index in [1.54, 1.807) is 0 Å². The minimum atomic E-state index is 0.516. The van der Waals surface area contributed by atoms with Crippen LogP contribution in [0.4, 0.5) is 0 Å². The summed E-state index contributed by atoms with van der Waals surface area (Å²) in [6.07, 6.45) is 19.4. The predicted octanol–water partition coefficient (Wildman–Crippen LogP) is 8.80. The summed E-state index contributed by atoms with van der Waals surface area (Å²) in [5, 5.41) is 9.31. The maximum atomic E-state index is 4.78. The topological polar surface area (TPSA) is 24.7 Å². The Morgan fingerprint density at radius 1 is 0.909 bits per heavy atom. The summed E-state index contributed by atoms with van der Waals surface area (Å²) in [4.78, 5) is 0. The molecule has 1 aliphatic carbocycles. The highest BCUT2D eigenvalue weighted by molar-refractivity contribution is 6.02. The molecule has 0 atom stereocenters. The van der Waals surface area contributed by atoms with Crippen molar-refractivity contribution < 1.29 is 0 Å². The van der Waals surface area contributed by atoms with Crippen molar-refractivity contribution in [2.75, 3.05) is 0 Å². The van der Waals surface area contributed by atoms with Gasteiger partial charge in [0, 0.05) is 5.92 Å². The highest BCUT2D eigenvalue weighted by Crippen LogP contribution is 2.34. The van der Waals surface area contributed by atoms with Gasteiger partial charge in [-0.1, -0.05) is 106 Å². The van der Waals surface area contributed by atoms with Crippen molar-refractivity contribution in [1.29, 1.82) is 0 Å². The van der Waals surface area contributed by atoms with Crippen LogP contribution >= 0.6 is 0 Å².